The molecule has 10 rings (SSSR count). The molecule has 0 aliphatic heterocycles. The number of benzene rings is 7. The number of aromatic nitrogens is 3. The Morgan fingerprint density at radius 3 is 1.20 bits per heavy atom. The standard InChI is InChI=1S/C53H25F6N7/c54-52(55,56)38-19-34(20-39(25-38)53(57,58)59)35-23-50(65-46-7-3-1-5-42(46)44-15-11-32(21-48(44)65)40-13-9-30(26-60)17-36(40)28-62)64-51(24-35)66-47-8-4-2-6-43(47)45-16-12-33(22-49(45)66)41-14-10-31(27-61)18-37(41)29-63/h1-25H. The fraction of sp³-hybridized carbons (Fsp3) is 0.0377. The average molecular weight is 874 g/mol. The van der Waals surface area contributed by atoms with Crippen molar-refractivity contribution in [1.29, 1.82) is 21.0 Å². The molecule has 0 atom stereocenters. The van der Waals surface area contributed by atoms with Gasteiger partial charge in [-0.1, -0.05) is 72.8 Å². The average Bonchev–Trinajstić information content (AvgIpc) is 3.84. The van der Waals surface area contributed by atoms with E-state index < -0.39 is 23.5 Å². The monoisotopic (exact) mass is 873 g/mol. The predicted molar refractivity (Wildman–Crippen MR) is 238 cm³/mol. The maximum absolute atomic E-state index is 14.4. The van der Waals surface area contributed by atoms with Crippen LogP contribution in [0, 0.1) is 45.3 Å². The van der Waals surface area contributed by atoms with Crippen LogP contribution >= 0.6 is 0 Å². The summed E-state index contributed by atoms with van der Waals surface area (Å²) in [5.41, 5.74) is 2.38. The van der Waals surface area contributed by atoms with Crippen molar-refractivity contribution in [3.8, 4) is 69.3 Å². The highest BCUT2D eigenvalue weighted by Gasteiger charge is 2.37. The van der Waals surface area contributed by atoms with Gasteiger partial charge in [-0.05, 0) is 112 Å². The van der Waals surface area contributed by atoms with Gasteiger partial charge < -0.3 is 0 Å². The molecule has 3 aromatic heterocycles. The van der Waals surface area contributed by atoms with Gasteiger partial charge in [0.25, 0.3) is 0 Å². The molecule has 0 N–H and O–H groups in total. The van der Waals surface area contributed by atoms with E-state index in [0.717, 1.165) is 21.5 Å². The van der Waals surface area contributed by atoms with E-state index in [2.05, 4.69) is 12.1 Å². The second-order valence-electron chi connectivity index (χ2n) is 15.5. The van der Waals surface area contributed by atoms with Gasteiger partial charge in [0, 0.05) is 21.5 Å². The third kappa shape index (κ3) is 6.80. The van der Waals surface area contributed by atoms with E-state index in [1.807, 2.05) is 84.9 Å². The molecule has 3 heterocycles. The Balaban J connectivity index is 1.31. The zero-order valence-corrected chi connectivity index (χ0v) is 33.8. The van der Waals surface area contributed by atoms with Gasteiger partial charge >= 0.3 is 12.4 Å². The molecule has 0 bridgehead atoms. The van der Waals surface area contributed by atoms with Crippen LogP contribution in [0.15, 0.2) is 152 Å². The Bertz CT molecular complexity index is 3620. The largest absolute Gasteiger partial charge is 0.416 e. The Labute approximate surface area is 370 Å². The van der Waals surface area contributed by atoms with E-state index in [4.69, 9.17) is 4.98 Å². The van der Waals surface area contributed by atoms with Crippen LogP contribution in [0.4, 0.5) is 26.3 Å². The summed E-state index contributed by atoms with van der Waals surface area (Å²) in [5.74, 6) is 0.302. The van der Waals surface area contributed by atoms with E-state index in [9.17, 15) is 47.4 Å². The molecular formula is C53H25F6N7. The van der Waals surface area contributed by atoms with E-state index >= 15 is 0 Å². The number of halogens is 6. The molecule has 0 saturated heterocycles. The fourth-order valence-corrected chi connectivity index (χ4v) is 8.70. The van der Waals surface area contributed by atoms with Gasteiger partial charge in [-0.2, -0.15) is 47.4 Å². The Morgan fingerprint density at radius 1 is 0.379 bits per heavy atom. The van der Waals surface area contributed by atoms with Crippen molar-refractivity contribution in [3.63, 3.8) is 0 Å². The molecule has 7 nitrogen and oxygen atoms in total. The molecule has 0 unspecified atom stereocenters. The Morgan fingerprint density at radius 2 is 0.788 bits per heavy atom. The summed E-state index contributed by atoms with van der Waals surface area (Å²) in [5, 5.41) is 42.3. The van der Waals surface area contributed by atoms with Crippen LogP contribution in [-0.4, -0.2) is 14.1 Å². The summed E-state index contributed by atoms with van der Waals surface area (Å²) in [6.07, 6.45) is -10.2. The number of fused-ring (bicyclic) bond motifs is 6. The molecule has 0 aliphatic carbocycles. The van der Waals surface area contributed by atoms with Crippen LogP contribution in [0.5, 0.6) is 0 Å². The lowest BCUT2D eigenvalue weighted by Gasteiger charge is -2.17. The third-order valence-electron chi connectivity index (χ3n) is 11.7. The van der Waals surface area contributed by atoms with E-state index in [-0.39, 0.29) is 40.0 Å². The highest BCUT2D eigenvalue weighted by molar-refractivity contribution is 6.11. The minimum Gasteiger partial charge on any atom is -0.294 e. The van der Waals surface area contributed by atoms with Gasteiger partial charge in [0.05, 0.1) is 79.7 Å². The quantitative estimate of drug-likeness (QED) is 0.160. The Hall–Kier alpha value is -9.17. The van der Waals surface area contributed by atoms with E-state index in [1.165, 1.54) is 24.3 Å². The number of alkyl halides is 6. The number of para-hydroxylation sites is 2. The van der Waals surface area contributed by atoms with Crippen LogP contribution < -0.4 is 0 Å². The maximum Gasteiger partial charge on any atom is 0.416 e. The van der Waals surface area contributed by atoms with Gasteiger partial charge in [-0.25, -0.2) is 4.98 Å². The lowest BCUT2D eigenvalue weighted by molar-refractivity contribution is -0.143. The van der Waals surface area contributed by atoms with E-state index in [0.29, 0.717) is 67.6 Å². The molecule has 314 valence electrons. The molecule has 0 saturated carbocycles. The van der Waals surface area contributed by atoms with Crippen LogP contribution in [0.25, 0.3) is 88.6 Å². The first-order chi connectivity index (χ1) is 31.8. The minimum absolute atomic E-state index is 0.00603. The Kier molecular flexibility index (Phi) is 9.46. The number of hydrogen-bond donors (Lipinski definition) is 0. The number of nitriles is 4. The zero-order valence-electron chi connectivity index (χ0n) is 33.8. The second kappa shape index (κ2) is 15.3. The summed E-state index contributed by atoms with van der Waals surface area (Å²) >= 11 is 0. The molecule has 66 heavy (non-hydrogen) atoms. The van der Waals surface area contributed by atoms with Crippen molar-refractivity contribution in [1.82, 2.24) is 14.1 Å². The maximum atomic E-state index is 14.4. The second-order valence-corrected chi connectivity index (χ2v) is 15.5. The summed E-state index contributed by atoms with van der Waals surface area (Å²) < 4.78 is 90.2. The molecule has 13 heteroatoms. The van der Waals surface area contributed by atoms with Crippen LogP contribution in [0.3, 0.4) is 0 Å². The molecule has 10 aromatic rings. The van der Waals surface area contributed by atoms with Crippen molar-refractivity contribution in [2.75, 3.05) is 0 Å². The molecule has 0 fully saturated rings. The van der Waals surface area contributed by atoms with Gasteiger partial charge in [0.15, 0.2) is 0 Å². The fourth-order valence-electron chi connectivity index (χ4n) is 8.70. The van der Waals surface area contributed by atoms with Crippen LogP contribution in [-0.2, 0) is 12.4 Å². The number of hydrogen-bond acceptors (Lipinski definition) is 5. The first-order valence-electron chi connectivity index (χ1n) is 20.1. The van der Waals surface area contributed by atoms with Crippen molar-refractivity contribution in [2.45, 2.75) is 12.4 Å². The smallest absolute Gasteiger partial charge is 0.294 e. The lowest BCUT2D eigenvalue weighted by Crippen LogP contribution is -2.11. The zero-order chi connectivity index (χ0) is 46.1. The predicted octanol–water partition coefficient (Wildman–Crippen LogP) is 13.8. The van der Waals surface area contributed by atoms with Crippen molar-refractivity contribution >= 4 is 43.6 Å². The molecular weight excluding hydrogens is 849 g/mol. The topological polar surface area (TPSA) is 118 Å². The molecule has 0 radical (unpaired) electrons. The minimum atomic E-state index is -5.12. The highest BCUT2D eigenvalue weighted by atomic mass is 19.4. The summed E-state index contributed by atoms with van der Waals surface area (Å²) in [7, 11) is 0. The van der Waals surface area contributed by atoms with Gasteiger partial charge in [0.2, 0.25) is 0 Å². The highest BCUT2D eigenvalue weighted by Crippen LogP contribution is 2.42. The van der Waals surface area contributed by atoms with Crippen molar-refractivity contribution in [3.05, 3.63) is 185 Å². The lowest BCUT2D eigenvalue weighted by atomic mass is 9.97. The molecule has 0 amide bonds. The number of nitrogens with zero attached hydrogens (tertiary/aromatic N) is 7. The first-order valence-corrected chi connectivity index (χ1v) is 20.1. The normalized spacial score (nSPS) is 11.7. The van der Waals surface area contributed by atoms with E-state index in [1.54, 1.807) is 45.5 Å². The summed E-state index contributed by atoms with van der Waals surface area (Å²) in [6.45, 7) is 0. The summed E-state index contributed by atoms with van der Waals surface area (Å²) in [6, 6.07) is 48.0. The summed E-state index contributed by atoms with van der Waals surface area (Å²) in [4.78, 5) is 5.21. The van der Waals surface area contributed by atoms with Crippen molar-refractivity contribution in [2.24, 2.45) is 0 Å². The number of rotatable bonds is 5. The molecule has 7 aromatic carbocycles. The third-order valence-corrected chi connectivity index (χ3v) is 11.7. The van der Waals surface area contributed by atoms with Crippen LogP contribution in [0.2, 0.25) is 0 Å². The molecule has 0 spiro atoms. The van der Waals surface area contributed by atoms with Crippen LogP contribution in [0.1, 0.15) is 33.4 Å². The molecule has 0 aliphatic rings. The van der Waals surface area contributed by atoms with Gasteiger partial charge in [-0.15, -0.1) is 0 Å². The van der Waals surface area contributed by atoms with Gasteiger partial charge in [0.1, 0.15) is 11.6 Å². The number of pyridine rings is 1. The first kappa shape index (κ1) is 40.9. The van der Waals surface area contributed by atoms with Gasteiger partial charge in [-0.3, -0.25) is 9.13 Å². The van der Waals surface area contributed by atoms with Crippen molar-refractivity contribution < 1.29 is 26.3 Å². The SMILES string of the molecule is N#Cc1ccc(-c2ccc3c4ccccc4n(-c4cc(-c5cc(C(F)(F)F)cc(C(F)(F)F)c5)cc(-n5c6ccccc6c6ccc(-c7ccc(C#N)cc7C#N)cc65)n4)c3c2)c(C#N)c1.